The number of carbonyl (C=O) groups excluding carboxylic acids is 1. The lowest BCUT2D eigenvalue weighted by Crippen LogP contribution is -2.30. The van der Waals surface area contributed by atoms with Crippen LogP contribution in [0.25, 0.3) is 0 Å². The number of carbonyl (C=O) groups is 1. The molecule has 1 rings (SSSR count). The van der Waals surface area contributed by atoms with Crippen LogP contribution in [0.2, 0.25) is 0 Å². The molecule has 0 fully saturated rings. The summed E-state index contributed by atoms with van der Waals surface area (Å²) in [6.45, 7) is 2.16. The highest BCUT2D eigenvalue weighted by Gasteiger charge is 2.34. The molecule has 0 spiro atoms. The average molecular weight is 298 g/mol. The van der Waals surface area contributed by atoms with Gasteiger partial charge in [-0.25, -0.2) is 13.2 Å². The van der Waals surface area contributed by atoms with E-state index >= 15 is 0 Å². The lowest BCUT2D eigenvalue weighted by molar-refractivity contribution is -0.145. The van der Waals surface area contributed by atoms with Crippen LogP contribution in [0.5, 0.6) is 5.75 Å². The van der Waals surface area contributed by atoms with Crippen molar-refractivity contribution in [3.05, 3.63) is 29.1 Å². The molecule has 112 valence electrons. The molecule has 3 nitrogen and oxygen atoms in total. The summed E-state index contributed by atoms with van der Waals surface area (Å²) < 4.78 is 69.4. The maximum absolute atomic E-state index is 13.3. The van der Waals surface area contributed by atoms with Crippen LogP contribution in [0.3, 0.4) is 0 Å². The molecule has 0 heterocycles. The molecule has 1 N–H and O–H groups in total. The molecular weight excluding hydrogens is 287 g/mol. The summed E-state index contributed by atoms with van der Waals surface area (Å²) in [7, 11) is 0. The topological polar surface area (TPSA) is 46.5 Å². The molecule has 1 aromatic carbocycles. The van der Waals surface area contributed by atoms with Gasteiger partial charge in [-0.1, -0.05) is 0 Å². The van der Waals surface area contributed by atoms with E-state index in [-0.39, 0.29) is 6.42 Å². The Morgan fingerprint density at radius 1 is 1.00 bits per heavy atom. The van der Waals surface area contributed by atoms with Gasteiger partial charge in [0.25, 0.3) is 0 Å². The molecule has 0 aliphatic heterocycles. The highest BCUT2D eigenvalue weighted by molar-refractivity contribution is 5.78. The van der Waals surface area contributed by atoms with Crippen molar-refractivity contribution >= 4 is 5.97 Å². The molecule has 0 radical (unpaired) electrons. The van der Waals surface area contributed by atoms with Crippen molar-refractivity contribution in [2.45, 2.75) is 20.3 Å². The molecule has 1 aromatic rings. The van der Waals surface area contributed by atoms with Gasteiger partial charge >= 0.3 is 5.97 Å². The van der Waals surface area contributed by atoms with Gasteiger partial charge in [0.15, 0.2) is 0 Å². The van der Waals surface area contributed by atoms with Gasteiger partial charge in [-0.05, 0) is 20.3 Å². The van der Waals surface area contributed by atoms with Crippen LogP contribution in [0, 0.1) is 34.5 Å². The molecule has 0 aliphatic rings. The van der Waals surface area contributed by atoms with E-state index in [0.717, 1.165) is 0 Å². The van der Waals surface area contributed by atoms with Gasteiger partial charge in [0.05, 0.1) is 5.41 Å². The van der Waals surface area contributed by atoms with Crippen LogP contribution >= 0.6 is 0 Å². The molecule has 0 aliphatic carbocycles. The maximum atomic E-state index is 13.3. The molecule has 20 heavy (non-hydrogen) atoms. The quantitative estimate of drug-likeness (QED) is 0.306. The summed E-state index contributed by atoms with van der Waals surface area (Å²) in [5.41, 5.74) is -1.35. The molecule has 8 heteroatoms. The van der Waals surface area contributed by atoms with E-state index in [1.807, 2.05) is 0 Å². The van der Waals surface area contributed by atoms with E-state index in [0.29, 0.717) is 0 Å². The Kier molecular flexibility index (Phi) is 4.69. The normalized spacial score (nSPS) is 11.6. The molecule has 0 amide bonds. The number of ether oxygens (including phenoxy) is 1. The Hall–Kier alpha value is -1.70. The van der Waals surface area contributed by atoms with E-state index < -0.39 is 52.8 Å². The Bertz CT molecular complexity index is 513. The predicted molar refractivity (Wildman–Crippen MR) is 57.4 cm³/mol. The second-order valence-corrected chi connectivity index (χ2v) is 4.65. The summed E-state index contributed by atoms with van der Waals surface area (Å²) in [6, 6.07) is 0. The van der Waals surface area contributed by atoms with Crippen molar-refractivity contribution in [1.29, 1.82) is 0 Å². The summed E-state index contributed by atoms with van der Waals surface area (Å²) in [5.74, 6) is -14.1. The molecule has 0 saturated carbocycles. The second kappa shape index (κ2) is 5.74. The lowest BCUT2D eigenvalue weighted by Gasteiger charge is -2.21. The highest BCUT2D eigenvalue weighted by Crippen LogP contribution is 2.31. The Balaban J connectivity index is 3.20. The highest BCUT2D eigenvalue weighted by atomic mass is 19.2. The molecule has 0 bridgehead atoms. The van der Waals surface area contributed by atoms with E-state index in [9.17, 15) is 26.7 Å². The first kappa shape index (κ1) is 16.4. The second-order valence-electron chi connectivity index (χ2n) is 4.65. The van der Waals surface area contributed by atoms with Crippen LogP contribution in [-0.4, -0.2) is 17.7 Å². The number of hydrogen-bond donors (Lipinski definition) is 1. The SMILES string of the molecule is CC(C)(CCO)C(=O)Oc1c(F)c(F)c(F)c(F)c1F. The molecule has 0 unspecified atom stereocenters. The molecule has 0 aromatic heterocycles. The van der Waals surface area contributed by atoms with Gasteiger partial charge in [0.2, 0.25) is 34.8 Å². The van der Waals surface area contributed by atoms with Crippen molar-refractivity contribution in [3.8, 4) is 5.75 Å². The molecular formula is C12H11F5O3. The Morgan fingerprint density at radius 3 is 1.80 bits per heavy atom. The van der Waals surface area contributed by atoms with E-state index in [4.69, 9.17) is 5.11 Å². The van der Waals surface area contributed by atoms with Gasteiger partial charge in [-0.15, -0.1) is 0 Å². The van der Waals surface area contributed by atoms with E-state index in [1.165, 1.54) is 13.8 Å². The maximum Gasteiger partial charge on any atom is 0.317 e. The van der Waals surface area contributed by atoms with Crippen molar-refractivity contribution in [2.24, 2.45) is 5.41 Å². The van der Waals surface area contributed by atoms with E-state index in [1.54, 1.807) is 0 Å². The minimum absolute atomic E-state index is 0.110. The van der Waals surface area contributed by atoms with Crippen LogP contribution in [0.1, 0.15) is 20.3 Å². The Labute approximate surface area is 111 Å². The third kappa shape index (κ3) is 2.90. The minimum Gasteiger partial charge on any atom is -0.420 e. The Morgan fingerprint density at radius 2 is 1.40 bits per heavy atom. The minimum atomic E-state index is -2.34. The smallest absolute Gasteiger partial charge is 0.317 e. The number of rotatable bonds is 4. The number of aliphatic hydroxyl groups excluding tert-OH is 1. The van der Waals surface area contributed by atoms with Crippen LogP contribution < -0.4 is 4.74 Å². The van der Waals surface area contributed by atoms with Crippen LogP contribution in [0.15, 0.2) is 0 Å². The average Bonchev–Trinajstić information content (AvgIpc) is 2.38. The fraction of sp³-hybridized carbons (Fsp3) is 0.417. The van der Waals surface area contributed by atoms with Gasteiger partial charge in [-0.3, -0.25) is 4.79 Å². The monoisotopic (exact) mass is 298 g/mol. The molecule has 0 atom stereocenters. The number of aliphatic hydroxyl groups is 1. The lowest BCUT2D eigenvalue weighted by atomic mass is 9.90. The predicted octanol–water partition coefficient (Wildman–Crippen LogP) is 2.70. The van der Waals surface area contributed by atoms with Crippen molar-refractivity contribution < 1.29 is 36.6 Å². The summed E-state index contributed by atoms with van der Waals surface area (Å²) in [5, 5.41) is 8.73. The first-order chi connectivity index (χ1) is 9.13. The fourth-order valence-corrected chi connectivity index (χ4v) is 1.29. The summed E-state index contributed by atoms with van der Waals surface area (Å²) in [4.78, 5) is 11.6. The number of benzene rings is 1. The number of esters is 1. The van der Waals surface area contributed by atoms with Crippen molar-refractivity contribution in [2.75, 3.05) is 6.61 Å². The fourth-order valence-electron chi connectivity index (χ4n) is 1.29. The van der Waals surface area contributed by atoms with Gasteiger partial charge in [-0.2, -0.15) is 8.78 Å². The largest absolute Gasteiger partial charge is 0.420 e. The summed E-state index contributed by atoms with van der Waals surface area (Å²) in [6.07, 6.45) is -0.110. The van der Waals surface area contributed by atoms with E-state index in [2.05, 4.69) is 4.74 Å². The molecule has 0 saturated heterocycles. The number of hydrogen-bond acceptors (Lipinski definition) is 3. The zero-order chi connectivity index (χ0) is 15.7. The van der Waals surface area contributed by atoms with Crippen molar-refractivity contribution in [3.63, 3.8) is 0 Å². The first-order valence-corrected chi connectivity index (χ1v) is 5.48. The van der Waals surface area contributed by atoms with Gasteiger partial charge in [0.1, 0.15) is 0 Å². The third-order valence-electron chi connectivity index (χ3n) is 2.65. The first-order valence-electron chi connectivity index (χ1n) is 5.48. The third-order valence-corrected chi connectivity index (χ3v) is 2.65. The summed E-state index contributed by atoms with van der Waals surface area (Å²) >= 11 is 0. The zero-order valence-electron chi connectivity index (χ0n) is 10.6. The zero-order valence-corrected chi connectivity index (χ0v) is 10.6. The number of halogens is 5. The van der Waals surface area contributed by atoms with Crippen LogP contribution in [-0.2, 0) is 4.79 Å². The van der Waals surface area contributed by atoms with Gasteiger partial charge < -0.3 is 9.84 Å². The van der Waals surface area contributed by atoms with Crippen LogP contribution in [0.4, 0.5) is 22.0 Å². The van der Waals surface area contributed by atoms with Crippen molar-refractivity contribution in [1.82, 2.24) is 0 Å². The standard InChI is InChI=1S/C12H11F5O3/c1-12(2,3-4-18)11(19)20-10-8(16)6(14)5(13)7(15)9(10)17/h18H,3-4H2,1-2H3. The van der Waals surface area contributed by atoms with Gasteiger partial charge in [0, 0.05) is 6.61 Å².